The van der Waals surface area contributed by atoms with Gasteiger partial charge in [0.2, 0.25) is 0 Å². The van der Waals surface area contributed by atoms with Crippen LogP contribution in [0.3, 0.4) is 0 Å². The minimum absolute atomic E-state index is 0.00472. The average molecular weight is 257 g/mol. The molecule has 0 bridgehead atoms. The Morgan fingerprint density at radius 1 is 1.53 bits per heavy atom. The van der Waals surface area contributed by atoms with E-state index in [1.54, 1.807) is 0 Å². The van der Waals surface area contributed by atoms with Gasteiger partial charge in [-0.05, 0) is 46.5 Å². The second-order valence-electron chi connectivity index (χ2n) is 5.40. The second-order valence-corrected chi connectivity index (χ2v) is 5.87. The topological polar surface area (TPSA) is 64.3 Å². The van der Waals surface area contributed by atoms with Crippen LogP contribution in [0.4, 0.5) is 4.79 Å². The van der Waals surface area contributed by atoms with Crippen LogP contribution in [0.2, 0.25) is 0 Å². The normalized spacial score (nSPS) is 25.1. The molecule has 1 rings (SSSR count). The molecular weight excluding hydrogens is 236 g/mol. The van der Waals surface area contributed by atoms with E-state index in [4.69, 9.17) is 22.7 Å². The summed E-state index contributed by atoms with van der Waals surface area (Å²) in [4.78, 5) is 12.1. The van der Waals surface area contributed by atoms with Gasteiger partial charge in [-0.1, -0.05) is 12.2 Å². The summed E-state index contributed by atoms with van der Waals surface area (Å²) in [6, 6.07) is 0.00472. The molecule has 97 valence electrons. The summed E-state index contributed by atoms with van der Waals surface area (Å²) in [7, 11) is 0. The van der Waals surface area contributed by atoms with Gasteiger partial charge in [-0.3, -0.25) is 0 Å². The van der Waals surface area contributed by atoms with Gasteiger partial charge in [-0.2, -0.15) is 0 Å². The van der Waals surface area contributed by atoms with E-state index in [2.05, 4.69) is 11.7 Å². The van der Waals surface area contributed by atoms with Crippen LogP contribution in [0, 0.1) is 12.3 Å². The third-order valence-electron chi connectivity index (χ3n) is 2.61. The van der Waals surface area contributed by atoms with E-state index in [9.17, 15) is 4.79 Å². The lowest BCUT2D eigenvalue weighted by atomic mass is 9.86. The number of amides is 1. The third kappa shape index (κ3) is 5.35. The molecule has 0 aromatic heterocycles. The van der Waals surface area contributed by atoms with Crippen molar-refractivity contribution in [1.82, 2.24) is 5.32 Å². The van der Waals surface area contributed by atoms with Crippen molar-refractivity contribution in [3.63, 3.8) is 0 Å². The van der Waals surface area contributed by atoms with E-state index >= 15 is 0 Å². The second kappa shape index (κ2) is 5.67. The lowest BCUT2D eigenvalue weighted by Gasteiger charge is -2.29. The first-order valence-corrected chi connectivity index (χ1v) is 6.31. The number of nitrogens with one attached hydrogen (secondary N) is 1. The van der Waals surface area contributed by atoms with Gasteiger partial charge in [0.1, 0.15) is 5.60 Å². The van der Waals surface area contributed by atoms with Gasteiger partial charge in [0.25, 0.3) is 0 Å². The van der Waals surface area contributed by atoms with Crippen LogP contribution in [-0.2, 0) is 4.74 Å². The summed E-state index contributed by atoms with van der Waals surface area (Å²) in [6.45, 7) is 5.53. The zero-order valence-corrected chi connectivity index (χ0v) is 11.5. The highest BCUT2D eigenvalue weighted by atomic mass is 32.1. The van der Waals surface area contributed by atoms with Gasteiger partial charge >= 0.3 is 6.09 Å². The van der Waals surface area contributed by atoms with Crippen LogP contribution in [0.1, 0.15) is 40.0 Å². The maximum absolute atomic E-state index is 11.6. The lowest BCUT2D eigenvalue weighted by Crippen LogP contribution is -2.43. The van der Waals surface area contributed by atoms with Crippen LogP contribution < -0.4 is 11.1 Å². The molecule has 0 aliphatic heterocycles. The smallest absolute Gasteiger partial charge is 0.407 e. The number of ether oxygens (including phenoxy) is 1. The van der Waals surface area contributed by atoms with Gasteiger partial charge in [0, 0.05) is 12.0 Å². The summed E-state index contributed by atoms with van der Waals surface area (Å²) in [5, 5.41) is 2.83. The maximum Gasteiger partial charge on any atom is 0.407 e. The van der Waals surface area contributed by atoms with E-state index in [0.29, 0.717) is 4.99 Å². The quantitative estimate of drug-likeness (QED) is 0.744. The number of carbonyl (C=O) groups is 1. The van der Waals surface area contributed by atoms with Crippen molar-refractivity contribution in [1.29, 1.82) is 0 Å². The van der Waals surface area contributed by atoms with Crippen molar-refractivity contribution in [3.8, 4) is 0 Å². The Hall–Kier alpha value is -0.840. The fourth-order valence-corrected chi connectivity index (χ4v) is 2.07. The third-order valence-corrected chi connectivity index (χ3v) is 2.94. The molecule has 0 aromatic carbocycles. The molecule has 1 aliphatic rings. The summed E-state index contributed by atoms with van der Waals surface area (Å²) < 4.78 is 5.20. The van der Waals surface area contributed by atoms with Crippen molar-refractivity contribution in [2.75, 3.05) is 0 Å². The molecule has 5 heteroatoms. The van der Waals surface area contributed by atoms with Gasteiger partial charge in [0.15, 0.2) is 0 Å². The number of hydrogen-bond acceptors (Lipinski definition) is 3. The molecule has 1 saturated carbocycles. The van der Waals surface area contributed by atoms with Crippen LogP contribution in [0.15, 0.2) is 0 Å². The Labute approximate surface area is 108 Å². The molecule has 1 amide bonds. The monoisotopic (exact) mass is 257 g/mol. The molecule has 0 spiro atoms. The maximum atomic E-state index is 11.6. The lowest BCUT2D eigenvalue weighted by molar-refractivity contribution is 0.0503. The first kappa shape index (κ1) is 14.2. The molecule has 1 radical (unpaired) electrons. The summed E-state index contributed by atoms with van der Waals surface area (Å²) in [5.74, 6) is 0.218. The van der Waals surface area contributed by atoms with Crippen molar-refractivity contribution < 1.29 is 9.53 Å². The number of hydrogen-bond donors (Lipinski definition) is 2. The SMILES string of the molecule is CC(C)(C)OC(=O)NC1[CH]CCC(C(N)=S)C1. The summed E-state index contributed by atoms with van der Waals surface area (Å²) in [5.41, 5.74) is 5.16. The molecule has 4 nitrogen and oxygen atoms in total. The Morgan fingerprint density at radius 3 is 2.71 bits per heavy atom. The molecular formula is C12H21N2O2S. The van der Waals surface area contributed by atoms with Crippen molar-refractivity contribution in [3.05, 3.63) is 6.42 Å². The molecule has 0 aromatic rings. The zero-order chi connectivity index (χ0) is 13.1. The van der Waals surface area contributed by atoms with Crippen molar-refractivity contribution >= 4 is 23.3 Å². The van der Waals surface area contributed by atoms with Crippen LogP contribution in [0.25, 0.3) is 0 Å². The molecule has 1 aliphatic carbocycles. The van der Waals surface area contributed by atoms with Crippen molar-refractivity contribution in [2.24, 2.45) is 11.7 Å². The Kier molecular flexibility index (Phi) is 4.74. The highest BCUT2D eigenvalue weighted by molar-refractivity contribution is 7.80. The Bertz CT molecular complexity index is 299. The molecule has 0 saturated heterocycles. The van der Waals surface area contributed by atoms with Crippen LogP contribution in [0.5, 0.6) is 0 Å². The largest absolute Gasteiger partial charge is 0.444 e. The van der Waals surface area contributed by atoms with E-state index < -0.39 is 5.60 Å². The van der Waals surface area contributed by atoms with Crippen LogP contribution in [-0.4, -0.2) is 22.7 Å². The molecule has 0 heterocycles. The molecule has 17 heavy (non-hydrogen) atoms. The zero-order valence-electron chi connectivity index (χ0n) is 10.7. The number of thiocarbonyl (C=S) groups is 1. The summed E-state index contributed by atoms with van der Waals surface area (Å²) >= 11 is 4.99. The number of nitrogens with two attached hydrogens (primary N) is 1. The van der Waals surface area contributed by atoms with E-state index in [-0.39, 0.29) is 18.1 Å². The van der Waals surface area contributed by atoms with Gasteiger partial charge in [0.05, 0.1) is 4.99 Å². The number of rotatable bonds is 2. The molecule has 3 N–H and O–H groups in total. The highest BCUT2D eigenvalue weighted by Crippen LogP contribution is 2.24. The fraction of sp³-hybridized carbons (Fsp3) is 0.750. The van der Waals surface area contributed by atoms with E-state index in [1.165, 1.54) is 0 Å². The Morgan fingerprint density at radius 2 is 2.18 bits per heavy atom. The summed E-state index contributed by atoms with van der Waals surface area (Å²) in [6.07, 6.45) is 4.36. The number of carbonyl (C=O) groups excluding carboxylic acids is 1. The van der Waals surface area contributed by atoms with E-state index in [0.717, 1.165) is 19.3 Å². The van der Waals surface area contributed by atoms with Crippen LogP contribution >= 0.6 is 12.2 Å². The Balaban J connectivity index is 2.41. The first-order chi connectivity index (χ1) is 7.78. The van der Waals surface area contributed by atoms with E-state index in [1.807, 2.05) is 20.8 Å². The van der Waals surface area contributed by atoms with Gasteiger partial charge in [-0.25, -0.2) is 4.79 Å². The standard InChI is InChI=1S/C12H21N2O2S/c1-12(2,3)16-11(15)14-9-6-4-5-8(7-9)10(13)17/h6,8-9H,4-5,7H2,1-3H3,(H2,13,17)(H,14,15). The fourth-order valence-electron chi connectivity index (χ4n) is 1.85. The minimum atomic E-state index is -0.471. The molecule has 2 unspecified atom stereocenters. The number of alkyl carbamates (subject to hydrolysis) is 1. The average Bonchev–Trinajstić information content (AvgIpc) is 2.14. The predicted octanol–water partition coefficient (Wildman–Crippen LogP) is 2.17. The van der Waals surface area contributed by atoms with Gasteiger partial charge < -0.3 is 15.8 Å². The molecule has 1 fully saturated rings. The highest BCUT2D eigenvalue weighted by Gasteiger charge is 2.26. The predicted molar refractivity (Wildman–Crippen MR) is 71.6 cm³/mol. The minimum Gasteiger partial charge on any atom is -0.444 e. The molecule has 2 atom stereocenters. The van der Waals surface area contributed by atoms with Crippen molar-refractivity contribution in [2.45, 2.75) is 51.7 Å². The van der Waals surface area contributed by atoms with Gasteiger partial charge in [-0.15, -0.1) is 0 Å². The first-order valence-electron chi connectivity index (χ1n) is 5.90.